The zero-order chi connectivity index (χ0) is 11.4. The van der Waals surface area contributed by atoms with Crippen molar-refractivity contribution in [3.8, 4) is 0 Å². The molecule has 5 heteroatoms. The number of methoxy groups -OCH3 is 1. The molecule has 1 atom stereocenters. The Balaban J connectivity index is 2.06. The lowest BCUT2D eigenvalue weighted by molar-refractivity contribution is 0.0727. The Kier molecular flexibility index (Phi) is 3.38. The number of hydrogen-bond acceptors (Lipinski definition) is 5. The van der Waals surface area contributed by atoms with E-state index in [0.29, 0.717) is 19.0 Å². The molecule has 2 N–H and O–H groups in total. The van der Waals surface area contributed by atoms with Crippen LogP contribution in [0, 0.1) is 0 Å². The zero-order valence-corrected chi connectivity index (χ0v) is 9.01. The molecule has 0 aliphatic heterocycles. The minimum absolute atomic E-state index is 0.300. The monoisotopic (exact) mass is 222 g/mol. The van der Waals surface area contributed by atoms with Crippen molar-refractivity contribution in [3.63, 3.8) is 0 Å². The normalized spacial score (nSPS) is 12.9. The Bertz CT molecular complexity index is 455. The minimum atomic E-state index is -0.547. The number of anilines is 1. The molecule has 2 aromatic heterocycles. The Morgan fingerprint density at radius 3 is 3.25 bits per heavy atom. The van der Waals surface area contributed by atoms with Crippen LogP contribution in [0.15, 0.2) is 29.0 Å². The summed E-state index contributed by atoms with van der Waals surface area (Å²) in [6.45, 7) is 0.694. The largest absolute Gasteiger partial charge is 0.464 e. The third-order valence-corrected chi connectivity index (χ3v) is 2.24. The van der Waals surface area contributed by atoms with E-state index in [0.717, 1.165) is 11.0 Å². The maximum atomic E-state index is 9.49. The van der Waals surface area contributed by atoms with Crippen LogP contribution < -0.4 is 5.32 Å². The first-order valence-corrected chi connectivity index (χ1v) is 5.04. The molecule has 86 valence electrons. The molecule has 16 heavy (non-hydrogen) atoms. The molecular weight excluding hydrogens is 208 g/mol. The number of fused-ring (bicyclic) bond motifs is 1. The second-order valence-electron chi connectivity index (χ2n) is 3.48. The summed E-state index contributed by atoms with van der Waals surface area (Å²) in [5, 5.41) is 13.5. The Hall–Kier alpha value is -1.59. The van der Waals surface area contributed by atoms with Gasteiger partial charge in [0, 0.05) is 19.9 Å². The van der Waals surface area contributed by atoms with Crippen LogP contribution in [0.25, 0.3) is 11.0 Å². The molecule has 1 unspecified atom stereocenters. The highest BCUT2D eigenvalue weighted by Crippen LogP contribution is 2.21. The van der Waals surface area contributed by atoms with E-state index in [4.69, 9.17) is 9.15 Å². The van der Waals surface area contributed by atoms with Crippen LogP contribution in [-0.2, 0) is 4.74 Å². The molecular formula is C11H14N2O3. The van der Waals surface area contributed by atoms with Crippen molar-refractivity contribution < 1.29 is 14.3 Å². The van der Waals surface area contributed by atoms with Gasteiger partial charge in [-0.2, -0.15) is 0 Å². The highest BCUT2D eigenvalue weighted by molar-refractivity contribution is 5.87. The van der Waals surface area contributed by atoms with Crippen molar-refractivity contribution in [3.05, 3.63) is 24.6 Å². The molecule has 0 spiro atoms. The van der Waals surface area contributed by atoms with Gasteiger partial charge in [-0.3, -0.25) is 0 Å². The van der Waals surface area contributed by atoms with Crippen LogP contribution in [-0.4, -0.2) is 36.5 Å². The van der Waals surface area contributed by atoms with Gasteiger partial charge in [-0.05, 0) is 12.1 Å². The third-order valence-electron chi connectivity index (χ3n) is 2.24. The highest BCUT2D eigenvalue weighted by atomic mass is 16.5. The van der Waals surface area contributed by atoms with Crippen molar-refractivity contribution in [1.29, 1.82) is 0 Å². The van der Waals surface area contributed by atoms with Crippen LogP contribution in [0.4, 0.5) is 5.82 Å². The Morgan fingerprint density at radius 2 is 2.44 bits per heavy atom. The molecule has 0 saturated heterocycles. The molecule has 0 bridgehead atoms. The van der Waals surface area contributed by atoms with Gasteiger partial charge in [-0.25, -0.2) is 4.98 Å². The van der Waals surface area contributed by atoms with Crippen molar-refractivity contribution >= 4 is 16.8 Å². The van der Waals surface area contributed by atoms with Gasteiger partial charge in [-0.15, -0.1) is 0 Å². The van der Waals surface area contributed by atoms with Crippen LogP contribution >= 0.6 is 0 Å². The standard InChI is InChI=1S/C11H14N2O3/c1-15-7-8(14)6-13-11-9-3-5-16-10(9)2-4-12-11/h2-5,8,14H,6-7H2,1H3,(H,12,13). The number of furan rings is 1. The van der Waals surface area contributed by atoms with E-state index in [-0.39, 0.29) is 0 Å². The summed E-state index contributed by atoms with van der Waals surface area (Å²) in [6, 6.07) is 3.64. The maximum absolute atomic E-state index is 9.49. The maximum Gasteiger partial charge on any atom is 0.139 e. The van der Waals surface area contributed by atoms with E-state index in [1.54, 1.807) is 25.6 Å². The van der Waals surface area contributed by atoms with Crippen LogP contribution in [0.1, 0.15) is 0 Å². The molecule has 2 heterocycles. The Labute approximate surface area is 93.0 Å². The predicted octanol–water partition coefficient (Wildman–Crippen LogP) is 1.25. The van der Waals surface area contributed by atoms with E-state index in [9.17, 15) is 5.11 Å². The summed E-state index contributed by atoms with van der Waals surface area (Å²) in [4.78, 5) is 4.19. The topological polar surface area (TPSA) is 67.5 Å². The predicted molar refractivity (Wildman–Crippen MR) is 60.4 cm³/mol. The minimum Gasteiger partial charge on any atom is -0.464 e. The van der Waals surface area contributed by atoms with Crippen molar-refractivity contribution in [2.75, 3.05) is 25.6 Å². The fourth-order valence-corrected chi connectivity index (χ4v) is 1.50. The van der Waals surface area contributed by atoms with Gasteiger partial charge < -0.3 is 19.6 Å². The molecule has 0 saturated carbocycles. The summed E-state index contributed by atoms with van der Waals surface area (Å²) in [5.41, 5.74) is 0.777. The van der Waals surface area contributed by atoms with Crippen molar-refractivity contribution in [1.82, 2.24) is 4.98 Å². The van der Waals surface area contributed by atoms with E-state index in [1.807, 2.05) is 6.07 Å². The van der Waals surface area contributed by atoms with Gasteiger partial charge in [-0.1, -0.05) is 0 Å². The number of hydrogen-bond donors (Lipinski definition) is 2. The Morgan fingerprint density at radius 1 is 1.56 bits per heavy atom. The van der Waals surface area contributed by atoms with E-state index < -0.39 is 6.10 Å². The van der Waals surface area contributed by atoms with Gasteiger partial charge in [0.05, 0.1) is 24.4 Å². The number of pyridine rings is 1. The van der Waals surface area contributed by atoms with E-state index in [2.05, 4.69) is 10.3 Å². The lowest BCUT2D eigenvalue weighted by Crippen LogP contribution is -2.24. The van der Waals surface area contributed by atoms with E-state index in [1.165, 1.54) is 0 Å². The first-order valence-electron chi connectivity index (χ1n) is 5.04. The molecule has 0 aliphatic carbocycles. The second kappa shape index (κ2) is 4.96. The smallest absolute Gasteiger partial charge is 0.139 e. The van der Waals surface area contributed by atoms with Gasteiger partial charge in [0.2, 0.25) is 0 Å². The summed E-state index contributed by atoms with van der Waals surface area (Å²) in [7, 11) is 1.55. The fraction of sp³-hybridized carbons (Fsp3) is 0.364. The van der Waals surface area contributed by atoms with Crippen LogP contribution in [0.2, 0.25) is 0 Å². The van der Waals surface area contributed by atoms with E-state index >= 15 is 0 Å². The van der Waals surface area contributed by atoms with Gasteiger partial charge in [0.25, 0.3) is 0 Å². The molecule has 0 fully saturated rings. The lowest BCUT2D eigenvalue weighted by atomic mass is 10.3. The number of aliphatic hydroxyl groups is 1. The zero-order valence-electron chi connectivity index (χ0n) is 9.01. The summed E-state index contributed by atoms with van der Waals surface area (Å²) < 4.78 is 10.1. The SMILES string of the molecule is COCC(O)CNc1nccc2occc12. The first-order chi connectivity index (χ1) is 7.81. The average molecular weight is 222 g/mol. The lowest BCUT2D eigenvalue weighted by Gasteiger charge is -2.11. The number of aliphatic hydroxyl groups excluding tert-OH is 1. The fourth-order valence-electron chi connectivity index (χ4n) is 1.50. The first kappa shape index (κ1) is 10.9. The average Bonchev–Trinajstić information content (AvgIpc) is 2.75. The number of ether oxygens (including phenoxy) is 1. The summed E-state index contributed by atoms with van der Waals surface area (Å²) >= 11 is 0. The number of nitrogens with one attached hydrogen (secondary N) is 1. The highest BCUT2D eigenvalue weighted by Gasteiger charge is 2.07. The van der Waals surface area contributed by atoms with Gasteiger partial charge in [0.1, 0.15) is 11.4 Å². The second-order valence-corrected chi connectivity index (χ2v) is 3.48. The molecule has 0 aromatic carbocycles. The molecule has 5 nitrogen and oxygen atoms in total. The molecule has 0 amide bonds. The number of aromatic nitrogens is 1. The quantitative estimate of drug-likeness (QED) is 0.796. The van der Waals surface area contributed by atoms with Crippen molar-refractivity contribution in [2.45, 2.75) is 6.10 Å². The van der Waals surface area contributed by atoms with Crippen molar-refractivity contribution in [2.24, 2.45) is 0 Å². The van der Waals surface area contributed by atoms with Crippen LogP contribution in [0.3, 0.4) is 0 Å². The van der Waals surface area contributed by atoms with Gasteiger partial charge >= 0.3 is 0 Å². The molecule has 2 aromatic rings. The molecule has 0 radical (unpaired) electrons. The number of nitrogens with zero attached hydrogens (tertiary/aromatic N) is 1. The van der Waals surface area contributed by atoms with Crippen LogP contribution in [0.5, 0.6) is 0 Å². The van der Waals surface area contributed by atoms with Gasteiger partial charge in [0.15, 0.2) is 0 Å². The summed E-state index contributed by atoms with van der Waals surface area (Å²) in [5.74, 6) is 0.710. The molecule has 2 rings (SSSR count). The summed E-state index contributed by atoms with van der Waals surface area (Å²) in [6.07, 6.45) is 2.73. The number of rotatable bonds is 5. The molecule has 0 aliphatic rings. The third kappa shape index (κ3) is 2.32.